The van der Waals surface area contributed by atoms with Gasteiger partial charge in [0.15, 0.2) is 0 Å². The molecule has 23 heavy (non-hydrogen) atoms. The van der Waals surface area contributed by atoms with Crippen LogP contribution in [0.1, 0.15) is 17.7 Å². The third-order valence-corrected chi connectivity index (χ3v) is 6.12. The molecule has 2 fully saturated rings. The first-order chi connectivity index (χ1) is 11.2. The van der Waals surface area contributed by atoms with Gasteiger partial charge in [0.05, 0.1) is 13.2 Å². The molecule has 0 unspecified atom stereocenters. The van der Waals surface area contributed by atoms with Crippen LogP contribution in [0.2, 0.25) is 0 Å². The summed E-state index contributed by atoms with van der Waals surface area (Å²) in [7, 11) is 4.32. The second-order valence-electron chi connectivity index (χ2n) is 7.49. The molecule has 0 atom stereocenters. The van der Waals surface area contributed by atoms with Gasteiger partial charge >= 0.3 is 0 Å². The van der Waals surface area contributed by atoms with Crippen LogP contribution in [0.4, 0.5) is 0 Å². The van der Waals surface area contributed by atoms with Crippen molar-refractivity contribution in [3.8, 4) is 0 Å². The van der Waals surface area contributed by atoms with E-state index in [1.54, 1.807) is 0 Å². The van der Waals surface area contributed by atoms with Crippen LogP contribution in [0.3, 0.4) is 0 Å². The van der Waals surface area contributed by atoms with E-state index in [4.69, 9.17) is 4.74 Å². The zero-order valence-electron chi connectivity index (χ0n) is 14.7. The topological polar surface area (TPSA) is 19.0 Å². The minimum Gasteiger partial charge on any atom is -0.379 e. The van der Waals surface area contributed by atoms with Gasteiger partial charge in [0, 0.05) is 43.0 Å². The van der Waals surface area contributed by atoms with E-state index < -0.39 is 0 Å². The van der Waals surface area contributed by atoms with Gasteiger partial charge in [-0.1, -0.05) is 6.07 Å². The number of thiophene rings is 1. The highest BCUT2D eigenvalue weighted by molar-refractivity contribution is 7.09. The van der Waals surface area contributed by atoms with Crippen LogP contribution in [0.25, 0.3) is 0 Å². The van der Waals surface area contributed by atoms with E-state index in [-0.39, 0.29) is 0 Å². The average molecular weight is 338 g/mol. The summed E-state index contributed by atoms with van der Waals surface area (Å²) >= 11 is 1.88. The van der Waals surface area contributed by atoms with Crippen molar-refractivity contribution < 1.29 is 4.74 Å². The van der Waals surface area contributed by atoms with Crippen LogP contribution in [0.15, 0.2) is 17.5 Å². The van der Waals surface area contributed by atoms with Crippen molar-refractivity contribution in [2.75, 3.05) is 66.6 Å². The van der Waals surface area contributed by atoms with Crippen molar-refractivity contribution in [1.29, 1.82) is 0 Å². The van der Waals surface area contributed by atoms with E-state index in [0.717, 1.165) is 39.4 Å². The Hall–Kier alpha value is -0.460. The smallest absolute Gasteiger partial charge is 0.0593 e. The number of hydrogen-bond acceptors (Lipinski definition) is 5. The number of nitrogens with zero attached hydrogens (tertiary/aromatic N) is 3. The largest absolute Gasteiger partial charge is 0.379 e. The van der Waals surface area contributed by atoms with Crippen molar-refractivity contribution in [3.05, 3.63) is 22.4 Å². The van der Waals surface area contributed by atoms with Gasteiger partial charge in [-0.2, -0.15) is 0 Å². The van der Waals surface area contributed by atoms with Crippen LogP contribution in [0.5, 0.6) is 0 Å². The fraction of sp³-hybridized carbons (Fsp3) is 0.778. The molecule has 5 heteroatoms. The molecule has 2 aliphatic rings. The van der Waals surface area contributed by atoms with Crippen LogP contribution in [0, 0.1) is 5.41 Å². The molecule has 4 nitrogen and oxygen atoms in total. The fourth-order valence-electron chi connectivity index (χ4n) is 3.72. The maximum Gasteiger partial charge on any atom is 0.0593 e. The molecule has 3 rings (SSSR count). The summed E-state index contributed by atoms with van der Waals surface area (Å²) < 4.78 is 5.99. The van der Waals surface area contributed by atoms with Crippen molar-refractivity contribution in [3.63, 3.8) is 0 Å². The van der Waals surface area contributed by atoms with Crippen molar-refractivity contribution in [1.82, 2.24) is 14.7 Å². The van der Waals surface area contributed by atoms with Crippen LogP contribution in [-0.4, -0.2) is 81.3 Å². The molecule has 1 spiro atoms. The lowest BCUT2D eigenvalue weighted by molar-refractivity contribution is 0.0129. The molecule has 2 saturated heterocycles. The van der Waals surface area contributed by atoms with E-state index >= 15 is 0 Å². The summed E-state index contributed by atoms with van der Waals surface area (Å²) in [5.41, 5.74) is 0.384. The summed E-state index contributed by atoms with van der Waals surface area (Å²) in [6, 6.07) is 4.42. The maximum absolute atomic E-state index is 5.99. The van der Waals surface area contributed by atoms with Crippen LogP contribution >= 0.6 is 11.3 Å². The van der Waals surface area contributed by atoms with Crippen LogP contribution < -0.4 is 0 Å². The lowest BCUT2D eigenvalue weighted by Gasteiger charge is -2.42. The number of likely N-dealkylation sites (tertiary alicyclic amines) is 1. The van der Waals surface area contributed by atoms with E-state index in [1.807, 2.05) is 11.3 Å². The number of rotatable bonds is 5. The summed E-state index contributed by atoms with van der Waals surface area (Å²) in [6.07, 6.45) is 2.55. The molecule has 0 aliphatic carbocycles. The minimum absolute atomic E-state index is 0.384. The molecular weight excluding hydrogens is 306 g/mol. The van der Waals surface area contributed by atoms with Crippen molar-refractivity contribution in [2.24, 2.45) is 5.41 Å². The Bertz CT molecular complexity index is 455. The Balaban J connectivity index is 1.52. The molecule has 130 valence electrons. The molecule has 0 aromatic carbocycles. The summed E-state index contributed by atoms with van der Waals surface area (Å²) in [6.45, 7) is 10.0. The quantitative estimate of drug-likeness (QED) is 0.820. The highest BCUT2D eigenvalue weighted by atomic mass is 32.1. The molecule has 0 N–H and O–H groups in total. The monoisotopic (exact) mass is 337 g/mol. The highest BCUT2D eigenvalue weighted by Gasteiger charge is 2.37. The number of ether oxygens (including phenoxy) is 1. The second kappa shape index (κ2) is 8.08. The standard InChI is InChI=1S/C18H31N3OS/c1-19(2)9-10-21-11-12-22-16-18(15-21)5-7-20(8-6-18)14-17-4-3-13-23-17/h3-4,13H,5-12,14-16H2,1-2H3. The zero-order valence-corrected chi connectivity index (χ0v) is 15.5. The van der Waals surface area contributed by atoms with Gasteiger partial charge in [0.1, 0.15) is 0 Å². The predicted octanol–water partition coefficient (Wildman–Crippen LogP) is 2.22. The summed E-state index contributed by atoms with van der Waals surface area (Å²) in [5, 5.41) is 2.18. The first-order valence-corrected chi connectivity index (χ1v) is 9.73. The molecule has 0 amide bonds. The SMILES string of the molecule is CN(C)CCN1CCOCC2(CCN(Cc3cccs3)CC2)C1. The minimum atomic E-state index is 0.384. The van der Waals surface area contributed by atoms with Gasteiger partial charge in [0.2, 0.25) is 0 Å². The molecule has 3 heterocycles. The first-order valence-electron chi connectivity index (χ1n) is 8.85. The Morgan fingerprint density at radius 3 is 2.74 bits per heavy atom. The maximum atomic E-state index is 5.99. The third-order valence-electron chi connectivity index (χ3n) is 5.26. The molecule has 0 saturated carbocycles. The van der Waals surface area contributed by atoms with Crippen molar-refractivity contribution >= 4 is 11.3 Å². The number of likely N-dealkylation sites (N-methyl/N-ethyl adjacent to an activating group) is 1. The Kier molecular flexibility index (Phi) is 6.10. The number of piperidine rings is 1. The molecule has 2 aliphatic heterocycles. The van der Waals surface area contributed by atoms with E-state index in [1.165, 1.54) is 37.4 Å². The van der Waals surface area contributed by atoms with Crippen molar-refractivity contribution in [2.45, 2.75) is 19.4 Å². The lowest BCUT2D eigenvalue weighted by Crippen LogP contribution is -2.47. The van der Waals surface area contributed by atoms with Gasteiger partial charge in [-0.25, -0.2) is 0 Å². The second-order valence-corrected chi connectivity index (χ2v) is 8.52. The third kappa shape index (κ3) is 5.00. The van der Waals surface area contributed by atoms with E-state index in [9.17, 15) is 0 Å². The molecule has 1 aromatic heterocycles. The lowest BCUT2D eigenvalue weighted by atomic mass is 9.78. The average Bonchev–Trinajstić information content (AvgIpc) is 2.96. The Labute approximate surface area is 145 Å². The molecule has 0 bridgehead atoms. The van der Waals surface area contributed by atoms with E-state index in [0.29, 0.717) is 5.41 Å². The molecule has 1 aromatic rings. The fourth-order valence-corrected chi connectivity index (χ4v) is 4.47. The molecular formula is C18H31N3OS. The highest BCUT2D eigenvalue weighted by Crippen LogP contribution is 2.35. The molecule has 0 radical (unpaired) electrons. The zero-order chi connectivity index (χ0) is 16.1. The van der Waals surface area contributed by atoms with Gasteiger partial charge in [0.25, 0.3) is 0 Å². The Morgan fingerprint density at radius 1 is 1.22 bits per heavy atom. The van der Waals surface area contributed by atoms with Gasteiger partial charge in [-0.05, 0) is 51.5 Å². The van der Waals surface area contributed by atoms with Gasteiger partial charge in [-0.15, -0.1) is 11.3 Å². The number of hydrogen-bond donors (Lipinski definition) is 0. The first kappa shape index (κ1) is 17.4. The van der Waals surface area contributed by atoms with E-state index in [2.05, 4.69) is 46.3 Å². The van der Waals surface area contributed by atoms with Gasteiger partial charge < -0.3 is 9.64 Å². The van der Waals surface area contributed by atoms with Crippen LogP contribution in [-0.2, 0) is 11.3 Å². The normalized spacial score (nSPS) is 23.4. The Morgan fingerprint density at radius 2 is 2.04 bits per heavy atom. The summed E-state index contributed by atoms with van der Waals surface area (Å²) in [5.74, 6) is 0. The predicted molar refractivity (Wildman–Crippen MR) is 97.1 cm³/mol. The van der Waals surface area contributed by atoms with Gasteiger partial charge in [-0.3, -0.25) is 9.80 Å². The summed E-state index contributed by atoms with van der Waals surface area (Å²) in [4.78, 5) is 9.02.